The van der Waals surface area contributed by atoms with Crippen molar-refractivity contribution in [1.29, 1.82) is 0 Å². The fourth-order valence-corrected chi connectivity index (χ4v) is 4.36. The number of nitrogens with one attached hydrogen (secondary N) is 2. The van der Waals surface area contributed by atoms with Gasteiger partial charge < -0.3 is 24.8 Å². The minimum Gasteiger partial charge on any atom is -0.360 e. The Bertz CT molecular complexity index is 792. The van der Waals surface area contributed by atoms with E-state index in [0.29, 0.717) is 32.0 Å². The van der Waals surface area contributed by atoms with E-state index in [2.05, 4.69) is 15.3 Å². The molecule has 4 rings (SSSR count). The number of carbonyl (C=O) groups excluding carboxylic acids is 3. The number of nitrogens with zero attached hydrogens (tertiary/aromatic N) is 3. The van der Waals surface area contributed by atoms with Crippen LogP contribution in [-0.4, -0.2) is 75.9 Å². The highest BCUT2D eigenvalue weighted by molar-refractivity contribution is 5.93. The summed E-state index contributed by atoms with van der Waals surface area (Å²) in [5, 5.41) is 2.70. The van der Waals surface area contributed by atoms with Crippen LogP contribution in [0.25, 0.3) is 0 Å². The van der Waals surface area contributed by atoms with Crippen molar-refractivity contribution in [3.8, 4) is 0 Å². The van der Waals surface area contributed by atoms with Gasteiger partial charge in [0.25, 0.3) is 0 Å². The lowest BCUT2D eigenvalue weighted by atomic mass is 9.76. The minimum absolute atomic E-state index is 0.0862. The smallest absolute Gasteiger partial charge is 0.230 e. The zero-order valence-electron chi connectivity index (χ0n) is 15.3. The summed E-state index contributed by atoms with van der Waals surface area (Å²) in [6, 6.07) is 0. The molecule has 0 saturated carbocycles. The van der Waals surface area contributed by atoms with Crippen molar-refractivity contribution >= 4 is 17.7 Å². The van der Waals surface area contributed by atoms with E-state index in [1.807, 2.05) is 12.2 Å². The lowest BCUT2D eigenvalue weighted by Crippen LogP contribution is -2.45. The Hall–Kier alpha value is -2.68. The lowest BCUT2D eigenvalue weighted by Gasteiger charge is -2.27. The molecule has 2 fully saturated rings. The first-order chi connectivity index (χ1) is 12.9. The Labute approximate surface area is 156 Å². The van der Waals surface area contributed by atoms with Gasteiger partial charge in [-0.3, -0.25) is 14.4 Å². The van der Waals surface area contributed by atoms with Crippen LogP contribution in [0, 0.1) is 11.8 Å². The number of hydrogen-bond donors (Lipinski definition) is 2. The Morgan fingerprint density at radius 3 is 3.04 bits per heavy atom. The van der Waals surface area contributed by atoms with Gasteiger partial charge in [0, 0.05) is 39.5 Å². The summed E-state index contributed by atoms with van der Waals surface area (Å²) in [5.41, 5.74) is -0.732. The molecule has 4 heterocycles. The van der Waals surface area contributed by atoms with Crippen LogP contribution in [0.2, 0.25) is 0 Å². The van der Waals surface area contributed by atoms with E-state index in [1.54, 1.807) is 29.2 Å². The molecule has 3 aliphatic heterocycles. The van der Waals surface area contributed by atoms with Gasteiger partial charge >= 0.3 is 0 Å². The lowest BCUT2D eigenvalue weighted by molar-refractivity contribution is -0.142. The molecule has 2 bridgehead atoms. The van der Waals surface area contributed by atoms with Crippen molar-refractivity contribution in [2.45, 2.75) is 25.2 Å². The molecular weight excluding hydrogens is 350 g/mol. The van der Waals surface area contributed by atoms with Crippen LogP contribution < -0.4 is 5.32 Å². The number of fused-ring (bicyclic) bond motifs is 1. The van der Waals surface area contributed by atoms with Crippen LogP contribution in [0.5, 0.6) is 0 Å². The monoisotopic (exact) mass is 373 g/mol. The molecule has 0 aromatic carbocycles. The van der Waals surface area contributed by atoms with Gasteiger partial charge in [0.05, 0.1) is 31.0 Å². The van der Waals surface area contributed by atoms with Crippen LogP contribution in [-0.2, 0) is 25.7 Å². The number of rotatable bonds is 6. The predicted octanol–water partition coefficient (Wildman–Crippen LogP) is -0.714. The number of likely N-dealkylation sites (tertiary alicyclic amines) is 1. The molecule has 9 nitrogen and oxygen atoms in total. The van der Waals surface area contributed by atoms with Crippen LogP contribution >= 0.6 is 0 Å². The number of aromatic nitrogens is 2. The number of carbonyl (C=O) groups is 3. The standard InChI is InChI=1S/C18H23N5O4/c1-11(24)19-7-8-23-10-18-4-3-12(27-18)14(15(18)17(23)26)16(25)22(2)9-13-20-5-6-21-13/h3-6,12,14-15H,7-10H2,1-2H3,(H,19,24)(H,20,21)/t12-,14?,15?,18-/m1/s1. The van der Waals surface area contributed by atoms with Crippen molar-refractivity contribution < 1.29 is 19.1 Å². The molecule has 3 amide bonds. The summed E-state index contributed by atoms with van der Waals surface area (Å²) in [5.74, 6) is -0.703. The van der Waals surface area contributed by atoms with E-state index in [9.17, 15) is 14.4 Å². The quantitative estimate of drug-likeness (QED) is 0.641. The molecule has 9 heteroatoms. The molecule has 144 valence electrons. The molecule has 2 unspecified atom stereocenters. The van der Waals surface area contributed by atoms with E-state index in [1.165, 1.54) is 6.92 Å². The zero-order valence-corrected chi connectivity index (χ0v) is 15.3. The Kier molecular flexibility index (Phi) is 4.26. The van der Waals surface area contributed by atoms with Crippen LogP contribution in [0.15, 0.2) is 24.5 Å². The highest BCUT2D eigenvalue weighted by Gasteiger charge is 2.66. The largest absolute Gasteiger partial charge is 0.360 e. The summed E-state index contributed by atoms with van der Waals surface area (Å²) in [7, 11) is 1.71. The number of amides is 3. The maximum Gasteiger partial charge on any atom is 0.230 e. The second kappa shape index (κ2) is 6.49. The van der Waals surface area contributed by atoms with Gasteiger partial charge in [-0.15, -0.1) is 0 Å². The highest BCUT2D eigenvalue weighted by Crippen LogP contribution is 2.52. The minimum atomic E-state index is -0.732. The van der Waals surface area contributed by atoms with Crippen molar-refractivity contribution in [1.82, 2.24) is 25.1 Å². The third-order valence-corrected chi connectivity index (χ3v) is 5.54. The van der Waals surface area contributed by atoms with E-state index in [4.69, 9.17) is 4.74 Å². The van der Waals surface area contributed by atoms with Gasteiger partial charge in [0.1, 0.15) is 11.4 Å². The SMILES string of the molecule is CC(=O)NCCN1C[C@@]23C=C[C@@H](O2)C(C(=O)N(C)Cc2ncc[nH]2)C3C1=O. The van der Waals surface area contributed by atoms with Gasteiger partial charge in [-0.25, -0.2) is 4.98 Å². The van der Waals surface area contributed by atoms with Gasteiger partial charge in [0.2, 0.25) is 17.7 Å². The number of hydrogen-bond acceptors (Lipinski definition) is 5. The van der Waals surface area contributed by atoms with Gasteiger partial charge in [-0.1, -0.05) is 12.2 Å². The number of imidazole rings is 1. The summed E-state index contributed by atoms with van der Waals surface area (Å²) in [6.07, 6.45) is 6.79. The molecule has 27 heavy (non-hydrogen) atoms. The molecule has 4 atom stereocenters. The van der Waals surface area contributed by atoms with Crippen molar-refractivity contribution in [3.05, 3.63) is 30.4 Å². The molecular formula is C18H23N5O4. The molecule has 1 aromatic rings. The number of ether oxygens (including phenoxy) is 1. The van der Waals surface area contributed by atoms with Crippen molar-refractivity contribution in [3.63, 3.8) is 0 Å². The highest BCUT2D eigenvalue weighted by atomic mass is 16.5. The third kappa shape index (κ3) is 2.91. The van der Waals surface area contributed by atoms with Gasteiger partial charge in [-0.2, -0.15) is 0 Å². The summed E-state index contributed by atoms with van der Waals surface area (Å²) in [6.45, 7) is 2.99. The first-order valence-corrected chi connectivity index (χ1v) is 9.05. The normalized spacial score (nSPS) is 30.7. The molecule has 2 N–H and O–H groups in total. The predicted molar refractivity (Wildman–Crippen MR) is 94.0 cm³/mol. The first-order valence-electron chi connectivity index (χ1n) is 9.05. The van der Waals surface area contributed by atoms with Crippen LogP contribution in [0.4, 0.5) is 0 Å². The third-order valence-electron chi connectivity index (χ3n) is 5.54. The average molecular weight is 373 g/mol. The molecule has 0 radical (unpaired) electrons. The van der Waals surface area contributed by atoms with E-state index in [0.717, 1.165) is 0 Å². The van der Waals surface area contributed by atoms with Crippen molar-refractivity contribution in [2.24, 2.45) is 11.8 Å². The van der Waals surface area contributed by atoms with Crippen molar-refractivity contribution in [2.75, 3.05) is 26.7 Å². The van der Waals surface area contributed by atoms with E-state index in [-0.39, 0.29) is 23.8 Å². The fraction of sp³-hybridized carbons (Fsp3) is 0.556. The van der Waals surface area contributed by atoms with Crippen LogP contribution in [0.1, 0.15) is 12.7 Å². The second-order valence-corrected chi connectivity index (χ2v) is 7.37. The Balaban J connectivity index is 1.48. The Morgan fingerprint density at radius 2 is 2.33 bits per heavy atom. The zero-order chi connectivity index (χ0) is 19.2. The second-order valence-electron chi connectivity index (χ2n) is 7.37. The first kappa shape index (κ1) is 17.7. The maximum absolute atomic E-state index is 13.1. The summed E-state index contributed by atoms with van der Waals surface area (Å²) in [4.78, 5) is 47.6. The summed E-state index contributed by atoms with van der Waals surface area (Å²) < 4.78 is 6.10. The topological polar surface area (TPSA) is 108 Å². The van der Waals surface area contributed by atoms with Gasteiger partial charge in [0.15, 0.2) is 0 Å². The fourth-order valence-electron chi connectivity index (χ4n) is 4.36. The average Bonchev–Trinajstić information content (AvgIpc) is 3.37. The van der Waals surface area contributed by atoms with E-state index >= 15 is 0 Å². The maximum atomic E-state index is 13.1. The molecule has 1 aromatic heterocycles. The molecule has 2 saturated heterocycles. The molecule has 0 aliphatic carbocycles. The van der Waals surface area contributed by atoms with Gasteiger partial charge in [-0.05, 0) is 0 Å². The number of aromatic amines is 1. The number of H-pyrrole nitrogens is 1. The molecule has 1 spiro atoms. The van der Waals surface area contributed by atoms with E-state index < -0.39 is 17.4 Å². The Morgan fingerprint density at radius 1 is 1.52 bits per heavy atom. The van der Waals surface area contributed by atoms with Crippen LogP contribution in [0.3, 0.4) is 0 Å². The summed E-state index contributed by atoms with van der Waals surface area (Å²) >= 11 is 0. The molecule has 3 aliphatic rings.